The molecule has 3 unspecified atom stereocenters. The van der Waals surface area contributed by atoms with Crippen molar-refractivity contribution >= 4 is 17.7 Å². The Labute approximate surface area is 115 Å². The fourth-order valence-corrected chi connectivity index (χ4v) is 3.45. The summed E-state index contributed by atoms with van der Waals surface area (Å²) in [5.74, 6) is 2.04. The van der Waals surface area contributed by atoms with Gasteiger partial charge in [0.05, 0.1) is 5.60 Å². The smallest absolute Gasteiger partial charge is 0.220 e. The molecule has 0 radical (unpaired) electrons. The van der Waals surface area contributed by atoms with Crippen molar-refractivity contribution in [1.29, 1.82) is 0 Å². The molecule has 18 heavy (non-hydrogen) atoms. The monoisotopic (exact) mass is 273 g/mol. The zero-order valence-corrected chi connectivity index (χ0v) is 12.7. The second kappa shape index (κ2) is 7.39. The van der Waals surface area contributed by atoms with Crippen LogP contribution in [0.1, 0.15) is 46.0 Å². The molecule has 3 nitrogen and oxygen atoms in total. The zero-order chi connectivity index (χ0) is 13.6. The summed E-state index contributed by atoms with van der Waals surface area (Å²) in [5.41, 5.74) is -0.797. The Morgan fingerprint density at radius 2 is 2.22 bits per heavy atom. The van der Waals surface area contributed by atoms with E-state index in [1.165, 1.54) is 25.7 Å². The summed E-state index contributed by atoms with van der Waals surface area (Å²) in [6.07, 6.45) is 7.50. The van der Waals surface area contributed by atoms with Gasteiger partial charge in [-0.15, -0.1) is 0 Å². The number of nitrogens with one attached hydrogen (secondary N) is 1. The minimum absolute atomic E-state index is 0.0930. The van der Waals surface area contributed by atoms with E-state index >= 15 is 0 Å². The highest BCUT2D eigenvalue weighted by molar-refractivity contribution is 7.98. The SMILES string of the molecule is CSCC(C)(O)CNC(=O)CC1CCCC(C)C1. The molecule has 0 spiro atoms. The van der Waals surface area contributed by atoms with E-state index in [-0.39, 0.29) is 5.91 Å². The van der Waals surface area contributed by atoms with Crippen LogP contribution in [0.4, 0.5) is 0 Å². The third-order valence-electron chi connectivity index (χ3n) is 3.64. The fourth-order valence-electron chi connectivity index (χ4n) is 2.73. The molecule has 0 saturated heterocycles. The molecule has 0 aromatic heterocycles. The van der Waals surface area contributed by atoms with Gasteiger partial charge in [0.1, 0.15) is 0 Å². The van der Waals surface area contributed by atoms with Crippen molar-refractivity contribution in [3.63, 3.8) is 0 Å². The van der Waals surface area contributed by atoms with Gasteiger partial charge < -0.3 is 10.4 Å². The van der Waals surface area contributed by atoms with Crippen molar-refractivity contribution in [2.75, 3.05) is 18.6 Å². The summed E-state index contributed by atoms with van der Waals surface area (Å²) in [6.45, 7) is 4.40. The number of hydrogen-bond acceptors (Lipinski definition) is 3. The summed E-state index contributed by atoms with van der Waals surface area (Å²) in [7, 11) is 0. The zero-order valence-electron chi connectivity index (χ0n) is 11.9. The molecule has 0 heterocycles. The number of aliphatic hydroxyl groups is 1. The molecule has 0 aromatic rings. The summed E-state index contributed by atoms with van der Waals surface area (Å²) in [6, 6.07) is 0. The van der Waals surface area contributed by atoms with E-state index in [1.807, 2.05) is 6.26 Å². The normalized spacial score (nSPS) is 27.6. The summed E-state index contributed by atoms with van der Waals surface area (Å²) in [4.78, 5) is 11.8. The largest absolute Gasteiger partial charge is 0.387 e. The number of thioether (sulfide) groups is 1. The number of carbonyl (C=O) groups is 1. The third kappa shape index (κ3) is 6.10. The molecule has 0 aliphatic heterocycles. The first-order valence-electron chi connectivity index (χ1n) is 6.91. The van der Waals surface area contributed by atoms with Gasteiger partial charge in [0.25, 0.3) is 0 Å². The lowest BCUT2D eigenvalue weighted by molar-refractivity contribution is -0.123. The van der Waals surface area contributed by atoms with Gasteiger partial charge in [0.15, 0.2) is 0 Å². The second-order valence-electron chi connectivity index (χ2n) is 6.05. The Morgan fingerprint density at radius 3 is 2.83 bits per heavy atom. The highest BCUT2D eigenvalue weighted by atomic mass is 32.2. The first kappa shape index (κ1) is 15.8. The standard InChI is InChI=1S/C14H27NO2S/c1-11-5-4-6-12(7-11)8-13(16)15-9-14(2,17)10-18-3/h11-12,17H,4-10H2,1-3H3,(H,15,16). The number of amides is 1. The summed E-state index contributed by atoms with van der Waals surface area (Å²) in [5, 5.41) is 12.8. The van der Waals surface area contributed by atoms with Gasteiger partial charge in [-0.1, -0.05) is 19.8 Å². The first-order valence-corrected chi connectivity index (χ1v) is 8.30. The number of carbonyl (C=O) groups excluding carboxylic acids is 1. The van der Waals surface area contributed by atoms with Gasteiger partial charge in [0.2, 0.25) is 5.91 Å². The molecular formula is C14H27NO2S. The maximum atomic E-state index is 11.8. The minimum atomic E-state index is -0.797. The highest BCUT2D eigenvalue weighted by Crippen LogP contribution is 2.30. The molecule has 106 valence electrons. The van der Waals surface area contributed by atoms with Crippen LogP contribution in [-0.2, 0) is 4.79 Å². The van der Waals surface area contributed by atoms with E-state index in [9.17, 15) is 9.90 Å². The Morgan fingerprint density at radius 1 is 1.50 bits per heavy atom. The molecule has 1 fully saturated rings. The summed E-state index contributed by atoms with van der Waals surface area (Å²) >= 11 is 1.59. The van der Waals surface area contributed by atoms with Crippen LogP contribution in [0.3, 0.4) is 0 Å². The van der Waals surface area contributed by atoms with E-state index in [4.69, 9.17) is 0 Å². The van der Waals surface area contributed by atoms with E-state index in [1.54, 1.807) is 18.7 Å². The molecule has 1 saturated carbocycles. The van der Waals surface area contributed by atoms with Crippen molar-refractivity contribution in [3.05, 3.63) is 0 Å². The van der Waals surface area contributed by atoms with Crippen molar-refractivity contribution in [2.24, 2.45) is 11.8 Å². The van der Waals surface area contributed by atoms with E-state index < -0.39 is 5.60 Å². The predicted octanol–water partition coefficient (Wildman–Crippen LogP) is 2.43. The van der Waals surface area contributed by atoms with E-state index in [2.05, 4.69) is 12.2 Å². The van der Waals surface area contributed by atoms with Gasteiger partial charge >= 0.3 is 0 Å². The summed E-state index contributed by atoms with van der Waals surface area (Å²) < 4.78 is 0. The molecule has 1 aliphatic carbocycles. The topological polar surface area (TPSA) is 49.3 Å². The molecule has 4 heteroatoms. The maximum absolute atomic E-state index is 11.8. The minimum Gasteiger partial charge on any atom is -0.387 e. The molecular weight excluding hydrogens is 246 g/mol. The Hall–Kier alpha value is -0.220. The molecule has 1 amide bonds. The highest BCUT2D eigenvalue weighted by Gasteiger charge is 2.23. The quantitative estimate of drug-likeness (QED) is 0.781. The molecule has 1 rings (SSSR count). The lowest BCUT2D eigenvalue weighted by atomic mass is 9.81. The van der Waals surface area contributed by atoms with Crippen molar-refractivity contribution in [1.82, 2.24) is 5.32 Å². The molecule has 0 aromatic carbocycles. The van der Waals surface area contributed by atoms with Crippen molar-refractivity contribution in [2.45, 2.75) is 51.6 Å². The van der Waals surface area contributed by atoms with Crippen LogP contribution < -0.4 is 5.32 Å². The van der Waals surface area contributed by atoms with Crippen molar-refractivity contribution < 1.29 is 9.90 Å². The Bertz CT molecular complexity index is 269. The van der Waals surface area contributed by atoms with Gasteiger partial charge in [0, 0.05) is 18.7 Å². The molecule has 0 bridgehead atoms. The van der Waals surface area contributed by atoms with Gasteiger partial charge in [-0.25, -0.2) is 0 Å². The van der Waals surface area contributed by atoms with E-state index in [0.717, 1.165) is 5.92 Å². The van der Waals surface area contributed by atoms with Crippen LogP contribution in [0, 0.1) is 11.8 Å². The predicted molar refractivity (Wildman–Crippen MR) is 77.8 cm³/mol. The average molecular weight is 273 g/mol. The lowest BCUT2D eigenvalue weighted by Gasteiger charge is -2.27. The number of hydrogen-bond donors (Lipinski definition) is 2. The van der Waals surface area contributed by atoms with Crippen LogP contribution in [-0.4, -0.2) is 35.2 Å². The van der Waals surface area contributed by atoms with Crippen LogP contribution >= 0.6 is 11.8 Å². The van der Waals surface area contributed by atoms with Gasteiger partial charge in [-0.05, 0) is 37.9 Å². The first-order chi connectivity index (χ1) is 8.43. The molecule has 1 aliphatic rings. The Kier molecular flexibility index (Phi) is 6.50. The molecule has 3 atom stereocenters. The maximum Gasteiger partial charge on any atom is 0.220 e. The number of rotatable bonds is 6. The van der Waals surface area contributed by atoms with Gasteiger partial charge in [-0.2, -0.15) is 11.8 Å². The van der Waals surface area contributed by atoms with E-state index in [0.29, 0.717) is 24.6 Å². The second-order valence-corrected chi connectivity index (χ2v) is 6.91. The molecule has 2 N–H and O–H groups in total. The van der Waals surface area contributed by atoms with Gasteiger partial charge in [-0.3, -0.25) is 4.79 Å². The third-order valence-corrected chi connectivity index (χ3v) is 4.55. The average Bonchev–Trinajstić information content (AvgIpc) is 2.26. The lowest BCUT2D eigenvalue weighted by Crippen LogP contribution is -2.43. The Balaban J connectivity index is 2.24. The van der Waals surface area contributed by atoms with Crippen molar-refractivity contribution in [3.8, 4) is 0 Å². The van der Waals surface area contributed by atoms with Crippen LogP contribution in [0.5, 0.6) is 0 Å². The van der Waals surface area contributed by atoms with Crippen LogP contribution in [0.2, 0.25) is 0 Å². The fraction of sp³-hybridized carbons (Fsp3) is 0.929. The van der Waals surface area contributed by atoms with Crippen LogP contribution in [0.15, 0.2) is 0 Å². The van der Waals surface area contributed by atoms with Crippen LogP contribution in [0.25, 0.3) is 0 Å².